The minimum Gasteiger partial charge on any atom is -0.308 e. The summed E-state index contributed by atoms with van der Waals surface area (Å²) in [6.07, 6.45) is 19.4. The summed E-state index contributed by atoms with van der Waals surface area (Å²) >= 11 is 0. The average molecular weight is 344 g/mol. The van der Waals surface area contributed by atoms with Crippen LogP contribution in [-0.4, -0.2) is 20.8 Å². The fraction of sp³-hybridized carbons (Fsp3) is 0.824. The van der Waals surface area contributed by atoms with Crippen LogP contribution in [0.1, 0.15) is 84.0 Å². The lowest BCUT2D eigenvalue weighted by Gasteiger charge is -2.12. The summed E-state index contributed by atoms with van der Waals surface area (Å²) in [6.45, 7) is 2.57. The Labute approximate surface area is 141 Å². The summed E-state index contributed by atoms with van der Waals surface area (Å²) in [5.41, 5.74) is 0. The predicted octanol–water partition coefficient (Wildman–Crippen LogP) is 5.55. The molecule has 6 heteroatoms. The summed E-state index contributed by atoms with van der Waals surface area (Å²) in [4.78, 5) is 13.5. The van der Waals surface area contributed by atoms with Crippen molar-refractivity contribution in [2.24, 2.45) is 0 Å². The lowest BCUT2D eigenvalue weighted by molar-refractivity contribution is 0.245. The zero-order chi connectivity index (χ0) is 16.8. The second-order valence-electron chi connectivity index (χ2n) is 6.16. The first kappa shape index (κ1) is 20.4. The molecule has 0 spiro atoms. The van der Waals surface area contributed by atoms with Crippen LogP contribution < -0.4 is 0 Å². The molecule has 0 fully saturated rings. The van der Waals surface area contributed by atoms with Crippen LogP contribution in [0, 0.1) is 0 Å². The molecule has 0 amide bonds. The Kier molecular flexibility index (Phi) is 11.3. The maximum Gasteiger partial charge on any atom is 0.437 e. The molecule has 1 rings (SSSR count). The zero-order valence-corrected chi connectivity index (χ0v) is 15.4. The van der Waals surface area contributed by atoms with Gasteiger partial charge >= 0.3 is 7.75 Å². The number of rotatable bonds is 15. The molecule has 1 heterocycles. The van der Waals surface area contributed by atoms with E-state index in [2.05, 4.69) is 11.9 Å². The molecule has 0 saturated carbocycles. The second-order valence-corrected chi connectivity index (χ2v) is 7.86. The number of nitrogens with zero attached hydrogens (tertiary/aromatic N) is 2. The quantitative estimate of drug-likeness (QED) is 0.335. The van der Waals surface area contributed by atoms with Crippen LogP contribution in [0.15, 0.2) is 18.7 Å². The number of unbranched alkanes of at least 4 members (excludes halogenated alkanes) is 11. The van der Waals surface area contributed by atoms with Gasteiger partial charge in [-0.05, 0) is 6.42 Å². The summed E-state index contributed by atoms with van der Waals surface area (Å²) in [6, 6.07) is 0. The summed E-state index contributed by atoms with van der Waals surface area (Å²) in [7, 11) is -3.73. The van der Waals surface area contributed by atoms with Gasteiger partial charge in [-0.2, -0.15) is 0 Å². The Morgan fingerprint density at radius 2 is 1.48 bits per heavy atom. The number of hydrogen-bond acceptors (Lipinski definition) is 3. The van der Waals surface area contributed by atoms with Gasteiger partial charge in [0.15, 0.2) is 0 Å². The van der Waals surface area contributed by atoms with E-state index in [9.17, 15) is 9.46 Å². The molecule has 134 valence electrons. The molecule has 0 aliphatic carbocycles. The van der Waals surface area contributed by atoms with Crippen molar-refractivity contribution in [1.29, 1.82) is 0 Å². The van der Waals surface area contributed by atoms with Gasteiger partial charge in [0.05, 0.1) is 6.61 Å². The summed E-state index contributed by atoms with van der Waals surface area (Å²) in [5.74, 6) is 0. The maximum absolute atomic E-state index is 11.8. The summed E-state index contributed by atoms with van der Waals surface area (Å²) in [5, 5.41) is 0. The van der Waals surface area contributed by atoms with E-state index in [-0.39, 0.29) is 0 Å². The van der Waals surface area contributed by atoms with Crippen LogP contribution in [0.4, 0.5) is 0 Å². The van der Waals surface area contributed by atoms with E-state index in [0.717, 1.165) is 17.2 Å². The van der Waals surface area contributed by atoms with Crippen LogP contribution >= 0.6 is 7.75 Å². The minimum atomic E-state index is -3.73. The highest BCUT2D eigenvalue weighted by atomic mass is 31.2. The molecule has 0 saturated heterocycles. The predicted molar refractivity (Wildman–Crippen MR) is 94.5 cm³/mol. The molecule has 1 N–H and O–H groups in total. The van der Waals surface area contributed by atoms with Crippen molar-refractivity contribution in [3.05, 3.63) is 18.7 Å². The maximum atomic E-state index is 11.8. The fourth-order valence-electron chi connectivity index (χ4n) is 2.59. The van der Waals surface area contributed by atoms with Crippen molar-refractivity contribution in [3.63, 3.8) is 0 Å². The van der Waals surface area contributed by atoms with Crippen molar-refractivity contribution in [2.75, 3.05) is 6.61 Å². The van der Waals surface area contributed by atoms with E-state index in [1.807, 2.05) is 0 Å². The van der Waals surface area contributed by atoms with Crippen LogP contribution in [0.3, 0.4) is 0 Å². The lowest BCUT2D eigenvalue weighted by atomic mass is 10.1. The fourth-order valence-corrected chi connectivity index (χ4v) is 3.51. The highest BCUT2D eigenvalue weighted by molar-refractivity contribution is 7.51. The Balaban J connectivity index is 1.86. The Bertz CT molecular complexity index is 423. The molecule has 1 unspecified atom stereocenters. The van der Waals surface area contributed by atoms with E-state index in [0.29, 0.717) is 6.61 Å². The van der Waals surface area contributed by atoms with E-state index < -0.39 is 7.75 Å². The van der Waals surface area contributed by atoms with E-state index in [4.69, 9.17) is 4.52 Å². The second kappa shape index (κ2) is 12.7. The number of hydrogen-bond donors (Lipinski definition) is 1. The first-order chi connectivity index (χ1) is 11.2. The number of imidazole rings is 1. The average Bonchev–Trinajstić information content (AvgIpc) is 3.07. The van der Waals surface area contributed by atoms with Gasteiger partial charge in [-0.1, -0.05) is 77.6 Å². The van der Waals surface area contributed by atoms with Crippen LogP contribution in [0.25, 0.3) is 0 Å². The molecule has 23 heavy (non-hydrogen) atoms. The van der Waals surface area contributed by atoms with Crippen molar-refractivity contribution in [1.82, 2.24) is 9.32 Å². The van der Waals surface area contributed by atoms with Crippen molar-refractivity contribution in [3.8, 4) is 0 Å². The first-order valence-electron chi connectivity index (χ1n) is 9.13. The van der Waals surface area contributed by atoms with Crippen molar-refractivity contribution < 1.29 is 14.0 Å². The van der Waals surface area contributed by atoms with Gasteiger partial charge in [0.25, 0.3) is 0 Å². The minimum absolute atomic E-state index is 0.323. The van der Waals surface area contributed by atoms with Crippen molar-refractivity contribution in [2.45, 2.75) is 84.0 Å². The normalized spacial score (nSPS) is 14.0. The Morgan fingerprint density at radius 3 is 1.96 bits per heavy atom. The molecule has 0 radical (unpaired) electrons. The van der Waals surface area contributed by atoms with Gasteiger partial charge in [0, 0.05) is 12.4 Å². The lowest BCUT2D eigenvalue weighted by Crippen LogP contribution is -2.00. The van der Waals surface area contributed by atoms with Gasteiger partial charge in [-0.25, -0.2) is 13.9 Å². The molecular weight excluding hydrogens is 311 g/mol. The third-order valence-electron chi connectivity index (χ3n) is 4.04. The van der Waals surface area contributed by atoms with Crippen LogP contribution in [0.2, 0.25) is 0 Å². The Morgan fingerprint density at radius 1 is 0.957 bits per heavy atom. The molecule has 0 aromatic carbocycles. The third kappa shape index (κ3) is 9.95. The summed E-state index contributed by atoms with van der Waals surface area (Å²) < 4.78 is 18.1. The molecule has 1 aromatic rings. The molecule has 0 aliphatic rings. The van der Waals surface area contributed by atoms with Gasteiger partial charge in [-0.15, -0.1) is 0 Å². The van der Waals surface area contributed by atoms with Gasteiger partial charge in [-0.3, -0.25) is 4.52 Å². The van der Waals surface area contributed by atoms with Gasteiger partial charge in [0.2, 0.25) is 0 Å². The molecule has 0 bridgehead atoms. The third-order valence-corrected chi connectivity index (χ3v) is 5.38. The first-order valence-corrected chi connectivity index (χ1v) is 10.7. The van der Waals surface area contributed by atoms with Crippen molar-refractivity contribution >= 4 is 7.75 Å². The smallest absolute Gasteiger partial charge is 0.308 e. The van der Waals surface area contributed by atoms with Gasteiger partial charge < -0.3 is 4.89 Å². The largest absolute Gasteiger partial charge is 0.437 e. The standard InChI is InChI=1S/C17H33N2O3P/c1-2-3-4-5-6-7-8-9-10-11-12-13-16-22-23(20,21)19-15-14-18-17-19/h14-15,17H,2-13,16H2,1H3,(H,20,21). The highest BCUT2D eigenvalue weighted by Crippen LogP contribution is 2.43. The zero-order valence-electron chi connectivity index (χ0n) is 14.5. The van der Waals surface area contributed by atoms with E-state index >= 15 is 0 Å². The molecule has 1 atom stereocenters. The topological polar surface area (TPSA) is 64.3 Å². The molecular formula is C17H33N2O3P. The molecule has 0 aliphatic heterocycles. The van der Waals surface area contributed by atoms with Gasteiger partial charge in [0.1, 0.15) is 6.33 Å². The monoisotopic (exact) mass is 344 g/mol. The van der Waals surface area contributed by atoms with E-state index in [1.165, 1.54) is 82.9 Å². The molecule has 1 aromatic heterocycles. The van der Waals surface area contributed by atoms with E-state index in [1.54, 1.807) is 0 Å². The Hall–Kier alpha value is -0.640. The highest BCUT2D eigenvalue weighted by Gasteiger charge is 2.20. The number of aromatic nitrogens is 2. The SMILES string of the molecule is CCCCCCCCCCCCCCOP(=O)(O)n1ccnc1. The van der Waals surface area contributed by atoms with Crippen LogP contribution in [0.5, 0.6) is 0 Å². The van der Waals surface area contributed by atoms with Crippen LogP contribution in [-0.2, 0) is 9.09 Å². The molecule has 5 nitrogen and oxygen atoms in total.